The van der Waals surface area contributed by atoms with E-state index in [4.69, 9.17) is 13.6 Å². The number of ether oxygens (including phenoxy) is 1. The number of aromatic nitrogens is 1. The van der Waals surface area contributed by atoms with Gasteiger partial charge in [-0.25, -0.2) is 4.98 Å². The topological polar surface area (TPSA) is 64.6 Å². The van der Waals surface area contributed by atoms with Gasteiger partial charge in [0.1, 0.15) is 23.4 Å². The normalized spacial score (nSPS) is 21.2. The van der Waals surface area contributed by atoms with Crippen LogP contribution in [0.4, 0.5) is 0 Å². The molecule has 0 aliphatic carbocycles. The molecule has 7 heteroatoms. The van der Waals surface area contributed by atoms with E-state index in [1.54, 1.807) is 6.20 Å². The van der Waals surface area contributed by atoms with Crippen molar-refractivity contribution in [3.63, 3.8) is 0 Å². The second-order valence-electron chi connectivity index (χ2n) is 11.5. The summed E-state index contributed by atoms with van der Waals surface area (Å²) in [6.45, 7) is 18.3. The molecule has 0 spiro atoms. The molecule has 2 aromatic rings. The van der Waals surface area contributed by atoms with Gasteiger partial charge in [-0.1, -0.05) is 51.1 Å². The minimum atomic E-state index is -1.74. The van der Waals surface area contributed by atoms with Crippen LogP contribution in [-0.2, 0) is 26.9 Å². The number of nitrogens with zero attached hydrogens (tertiary/aromatic N) is 2. The highest BCUT2D eigenvalue weighted by Gasteiger charge is 2.57. The van der Waals surface area contributed by atoms with Crippen LogP contribution in [0, 0.1) is 0 Å². The fourth-order valence-corrected chi connectivity index (χ4v) is 4.62. The van der Waals surface area contributed by atoms with Crippen molar-refractivity contribution >= 4 is 14.3 Å². The first-order valence-electron chi connectivity index (χ1n) is 11.9. The third kappa shape index (κ3) is 6.77. The summed E-state index contributed by atoms with van der Waals surface area (Å²) in [5.41, 5.74) is 0.609. The molecule has 1 aliphatic rings. The quantitative estimate of drug-likeness (QED) is 0.196. The van der Waals surface area contributed by atoms with Crippen LogP contribution < -0.4 is 0 Å². The highest BCUT2D eigenvalue weighted by Crippen LogP contribution is 2.45. The van der Waals surface area contributed by atoms with Gasteiger partial charge in [0.25, 0.3) is 0 Å². The number of oxazole rings is 1. The maximum absolute atomic E-state index is 12.9. The fraction of sp³-hybridized carbons (Fsp3) is 0.615. The molecule has 0 amide bonds. The number of carbonyl (C=O) groups is 1. The van der Waals surface area contributed by atoms with Gasteiger partial charge in [-0.2, -0.15) is 0 Å². The lowest BCUT2D eigenvalue weighted by molar-refractivity contribution is -0.155. The van der Waals surface area contributed by atoms with Gasteiger partial charge in [0, 0.05) is 19.6 Å². The van der Waals surface area contributed by atoms with Gasteiger partial charge in [-0.05, 0) is 50.9 Å². The minimum absolute atomic E-state index is 0.197. The highest BCUT2D eigenvalue weighted by molar-refractivity contribution is 6.74. The van der Waals surface area contributed by atoms with Crippen molar-refractivity contribution < 1.29 is 18.4 Å². The predicted molar refractivity (Wildman–Crippen MR) is 132 cm³/mol. The summed E-state index contributed by atoms with van der Waals surface area (Å²) in [6, 6.07) is 9.55. The molecular weight excluding hydrogens is 432 g/mol. The number of hydrogen-bond acceptors (Lipinski definition) is 6. The van der Waals surface area contributed by atoms with Crippen molar-refractivity contribution in [2.75, 3.05) is 6.61 Å². The lowest BCUT2D eigenvalue weighted by atomic mass is 10.2. The number of rotatable bonds is 9. The maximum atomic E-state index is 12.9. The zero-order valence-electron chi connectivity index (χ0n) is 21.5. The van der Waals surface area contributed by atoms with E-state index in [2.05, 4.69) is 55.9 Å². The number of benzene rings is 1. The smallest absolute Gasteiger partial charge is 0.326 e. The lowest BCUT2D eigenvalue weighted by Crippen LogP contribution is -2.41. The highest BCUT2D eigenvalue weighted by atomic mass is 28.4. The molecule has 6 nitrogen and oxygen atoms in total. The lowest BCUT2D eigenvalue weighted by Gasteiger charge is -2.36. The van der Waals surface area contributed by atoms with Crippen molar-refractivity contribution in [1.29, 1.82) is 0 Å². The van der Waals surface area contributed by atoms with Crippen LogP contribution in [0.25, 0.3) is 0 Å². The zero-order valence-corrected chi connectivity index (χ0v) is 22.5. The number of carbonyl (C=O) groups excluding carboxylic acids is 1. The van der Waals surface area contributed by atoms with E-state index < -0.39 is 13.9 Å². The Morgan fingerprint density at radius 3 is 2.39 bits per heavy atom. The van der Waals surface area contributed by atoms with Crippen molar-refractivity contribution in [1.82, 2.24) is 9.88 Å². The monoisotopic (exact) mass is 472 g/mol. The summed E-state index contributed by atoms with van der Waals surface area (Å²) in [4.78, 5) is 19.5. The van der Waals surface area contributed by atoms with Crippen molar-refractivity contribution in [3.05, 3.63) is 53.7 Å². The molecule has 0 bridgehead atoms. The van der Waals surface area contributed by atoms with E-state index in [1.807, 2.05) is 39.0 Å². The molecule has 1 fully saturated rings. The van der Waals surface area contributed by atoms with Gasteiger partial charge in [0.2, 0.25) is 5.89 Å². The predicted octanol–water partition coefficient (Wildman–Crippen LogP) is 5.90. The summed E-state index contributed by atoms with van der Waals surface area (Å²) in [6.07, 6.45) is 3.44. The number of hydrogen-bond donors (Lipinski definition) is 0. The molecule has 1 saturated heterocycles. The molecule has 1 unspecified atom stereocenters. The molecule has 3 rings (SSSR count). The largest absolute Gasteiger partial charge is 0.459 e. The van der Waals surface area contributed by atoms with Gasteiger partial charge in [-0.3, -0.25) is 9.69 Å². The Balaban J connectivity index is 1.62. The molecule has 2 heterocycles. The number of aryl methyl sites for hydroxylation is 1. The van der Waals surface area contributed by atoms with Gasteiger partial charge < -0.3 is 13.6 Å². The van der Waals surface area contributed by atoms with Gasteiger partial charge in [0.15, 0.2) is 8.32 Å². The third-order valence-electron chi connectivity index (χ3n) is 6.44. The van der Waals surface area contributed by atoms with Crippen LogP contribution in [0.1, 0.15) is 71.2 Å². The second-order valence-corrected chi connectivity index (χ2v) is 16.3. The summed E-state index contributed by atoms with van der Waals surface area (Å²) >= 11 is 0. The van der Waals surface area contributed by atoms with Crippen molar-refractivity contribution in [2.24, 2.45) is 0 Å². The van der Waals surface area contributed by atoms with Gasteiger partial charge in [-0.15, -0.1) is 0 Å². The average Bonchev–Trinajstić information content (AvgIpc) is 3.20. The van der Waals surface area contributed by atoms with Crippen LogP contribution >= 0.6 is 0 Å². The van der Waals surface area contributed by atoms with Crippen molar-refractivity contribution in [2.45, 2.75) is 96.7 Å². The Bertz CT molecular complexity index is 928. The molecule has 33 heavy (non-hydrogen) atoms. The summed E-state index contributed by atoms with van der Waals surface area (Å²) < 4.78 is 18.0. The fourth-order valence-electron chi connectivity index (χ4n) is 3.54. The van der Waals surface area contributed by atoms with E-state index in [1.165, 1.54) is 0 Å². The molecule has 3 atom stereocenters. The Morgan fingerprint density at radius 2 is 1.79 bits per heavy atom. The molecule has 0 N–H and O–H groups in total. The minimum Gasteiger partial charge on any atom is -0.459 e. The van der Waals surface area contributed by atoms with Gasteiger partial charge >= 0.3 is 5.97 Å². The molecule has 0 radical (unpaired) electrons. The van der Waals surface area contributed by atoms with E-state index in [0.29, 0.717) is 12.4 Å². The van der Waals surface area contributed by atoms with E-state index in [-0.39, 0.29) is 23.1 Å². The molecule has 182 valence electrons. The Labute approximate surface area is 199 Å². The zero-order chi connectivity index (χ0) is 24.4. The van der Waals surface area contributed by atoms with Crippen LogP contribution in [0.5, 0.6) is 0 Å². The summed E-state index contributed by atoms with van der Waals surface area (Å²) in [5, 5.41) is 0.206. The first-order chi connectivity index (χ1) is 15.3. The molecule has 1 aliphatic heterocycles. The Kier molecular flexibility index (Phi) is 7.56. The first-order valence-corrected chi connectivity index (χ1v) is 14.8. The second kappa shape index (κ2) is 9.72. The Morgan fingerprint density at radius 1 is 1.12 bits per heavy atom. The van der Waals surface area contributed by atoms with Crippen molar-refractivity contribution in [3.8, 4) is 0 Å². The summed E-state index contributed by atoms with van der Waals surface area (Å²) in [5.74, 6) is 1.19. The summed E-state index contributed by atoms with van der Waals surface area (Å²) in [7, 11) is -1.74. The molecule has 0 saturated carbocycles. The van der Waals surface area contributed by atoms with Crippen LogP contribution in [0.3, 0.4) is 0 Å². The molecule has 1 aromatic carbocycles. The SMILES string of the molecule is CC(C)(C)OC(=O)[C@H]1[C@@H](c2ncc(CCCO[Si](C)(C)C(C)(C)C)o2)N1Cc1ccccc1. The van der Waals surface area contributed by atoms with Crippen LogP contribution in [-0.4, -0.2) is 42.4 Å². The van der Waals surface area contributed by atoms with E-state index in [9.17, 15) is 4.79 Å². The van der Waals surface area contributed by atoms with E-state index in [0.717, 1.165) is 30.8 Å². The number of esters is 1. The standard InChI is InChI=1S/C26H40N2O4Si/c1-25(2,3)32-24(29)22-21(28(22)18-19-13-10-9-11-14-19)23-27-17-20(31-23)15-12-16-30-33(7,8)26(4,5)6/h9-11,13-14,17,21-22H,12,15-16,18H2,1-8H3/t21-,22+,28?/m0/s1. The maximum Gasteiger partial charge on any atom is 0.326 e. The Hall–Kier alpha value is -1.96. The van der Waals surface area contributed by atoms with Crippen LogP contribution in [0.2, 0.25) is 18.1 Å². The van der Waals surface area contributed by atoms with Gasteiger partial charge in [0.05, 0.1) is 6.20 Å². The van der Waals surface area contributed by atoms with Crippen LogP contribution in [0.15, 0.2) is 40.9 Å². The first kappa shape index (κ1) is 25.7. The molecule has 1 aromatic heterocycles. The molecular formula is C26H40N2O4Si. The third-order valence-corrected chi connectivity index (χ3v) is 11.0. The average molecular weight is 473 g/mol. The van der Waals surface area contributed by atoms with E-state index >= 15 is 0 Å².